The fourth-order valence-electron chi connectivity index (χ4n) is 4.41. The third kappa shape index (κ3) is 7.32. The molecule has 2 heterocycles. The van der Waals surface area contributed by atoms with Gasteiger partial charge in [0, 0.05) is 55.5 Å². The van der Waals surface area contributed by atoms with Crippen molar-refractivity contribution in [2.24, 2.45) is 0 Å². The van der Waals surface area contributed by atoms with Gasteiger partial charge in [0.1, 0.15) is 0 Å². The summed E-state index contributed by atoms with van der Waals surface area (Å²) in [5.41, 5.74) is 7.15. The van der Waals surface area contributed by atoms with E-state index in [0.29, 0.717) is 17.7 Å². The summed E-state index contributed by atoms with van der Waals surface area (Å²) < 4.78 is 0. The predicted molar refractivity (Wildman–Crippen MR) is 154 cm³/mol. The fraction of sp³-hybridized carbons (Fsp3) is 0.367. The number of rotatable bonds is 5. The molecule has 4 rings (SSSR count). The molecule has 8 nitrogen and oxygen atoms in total. The van der Waals surface area contributed by atoms with Crippen LogP contribution >= 0.6 is 0 Å². The second-order valence-electron chi connectivity index (χ2n) is 9.79. The summed E-state index contributed by atoms with van der Waals surface area (Å²) in [7, 11) is 0. The van der Waals surface area contributed by atoms with Crippen LogP contribution in [0.1, 0.15) is 47.8 Å². The molecule has 0 aromatic heterocycles. The van der Waals surface area contributed by atoms with Crippen molar-refractivity contribution in [2.75, 3.05) is 42.9 Å². The molecule has 4 N–H and O–H groups in total. The van der Waals surface area contributed by atoms with Crippen molar-refractivity contribution in [1.82, 2.24) is 16.0 Å². The Kier molecular flexibility index (Phi) is 9.85. The average Bonchev–Trinajstić information content (AvgIpc) is 3.02. The number of nitrogens with one attached hydrogen (secondary N) is 4. The number of ketones is 1. The molecular weight excluding hydrogens is 478 g/mol. The average molecular weight is 518 g/mol. The Labute approximate surface area is 225 Å². The van der Waals surface area contributed by atoms with Gasteiger partial charge in [0.25, 0.3) is 0 Å². The van der Waals surface area contributed by atoms with Gasteiger partial charge < -0.3 is 26.2 Å². The molecule has 0 bridgehead atoms. The molecule has 2 aliphatic rings. The Morgan fingerprint density at radius 3 is 2.45 bits per heavy atom. The highest BCUT2D eigenvalue weighted by atomic mass is 16.2. The van der Waals surface area contributed by atoms with Crippen LogP contribution in [-0.2, 0) is 9.59 Å². The smallest absolute Gasteiger partial charge is 0.249 e. The molecule has 0 radical (unpaired) electrons. The summed E-state index contributed by atoms with van der Waals surface area (Å²) in [5.74, 6) is -0.210. The minimum Gasteiger partial charge on any atom is -0.382 e. The second kappa shape index (κ2) is 13.1. The molecule has 0 aliphatic carbocycles. The lowest BCUT2D eigenvalue weighted by Gasteiger charge is -2.31. The molecule has 2 aromatic rings. The van der Waals surface area contributed by atoms with Crippen molar-refractivity contribution < 1.29 is 14.4 Å². The van der Waals surface area contributed by atoms with Crippen molar-refractivity contribution >= 4 is 34.7 Å². The number of carbonyl (C=O) groups excluding carboxylic acids is 3. The predicted octanol–water partition coefficient (Wildman–Crippen LogP) is 3.57. The fourth-order valence-corrected chi connectivity index (χ4v) is 4.41. The maximum Gasteiger partial charge on any atom is 0.249 e. The maximum atomic E-state index is 12.1. The quantitative estimate of drug-likeness (QED) is 0.357. The molecule has 8 heteroatoms. The number of hydrogen-bond donors (Lipinski definition) is 4. The lowest BCUT2D eigenvalue weighted by molar-refractivity contribution is -0.117. The zero-order valence-electron chi connectivity index (χ0n) is 23.0. The van der Waals surface area contributed by atoms with Gasteiger partial charge in [-0.2, -0.15) is 0 Å². The molecule has 1 unspecified atom stereocenters. The van der Waals surface area contributed by atoms with Crippen LogP contribution in [0, 0.1) is 13.8 Å². The Morgan fingerprint density at radius 2 is 1.79 bits per heavy atom. The topological polar surface area (TPSA) is 103 Å². The maximum absolute atomic E-state index is 12.1. The molecule has 2 amide bonds. The van der Waals surface area contributed by atoms with Crippen molar-refractivity contribution in [3.63, 3.8) is 0 Å². The van der Waals surface area contributed by atoms with E-state index in [2.05, 4.69) is 44.9 Å². The lowest BCUT2D eigenvalue weighted by Crippen LogP contribution is -2.43. The SMILES string of the molecule is C=CC(=O)Nc1cc(C)ccc1N1CCNCC1.CC(=O)c1ccc(C)c(C2=C(C)C(=O)NC(C)CN2)c1. The van der Waals surface area contributed by atoms with Gasteiger partial charge in [-0.25, -0.2) is 0 Å². The third-order valence-corrected chi connectivity index (χ3v) is 6.64. The molecule has 0 spiro atoms. The zero-order valence-corrected chi connectivity index (χ0v) is 23.0. The Balaban J connectivity index is 0.000000212. The van der Waals surface area contributed by atoms with Crippen LogP contribution in [-0.4, -0.2) is 56.4 Å². The first-order chi connectivity index (χ1) is 18.1. The van der Waals surface area contributed by atoms with Gasteiger partial charge in [-0.3, -0.25) is 14.4 Å². The van der Waals surface area contributed by atoms with E-state index in [1.165, 1.54) is 6.08 Å². The first-order valence-corrected chi connectivity index (χ1v) is 13.0. The molecule has 0 saturated carbocycles. The molecular formula is C30H39N5O3. The Hall–Kier alpha value is -3.91. The van der Waals surface area contributed by atoms with Crippen LogP contribution in [0.3, 0.4) is 0 Å². The van der Waals surface area contributed by atoms with Crippen molar-refractivity contribution in [3.8, 4) is 0 Å². The molecule has 38 heavy (non-hydrogen) atoms. The van der Waals surface area contributed by atoms with Gasteiger partial charge in [-0.05, 0) is 70.0 Å². The number of anilines is 2. The number of hydrogen-bond acceptors (Lipinski definition) is 6. The van der Waals surface area contributed by atoms with E-state index in [4.69, 9.17) is 0 Å². The van der Waals surface area contributed by atoms with Gasteiger partial charge in [-0.15, -0.1) is 0 Å². The van der Waals surface area contributed by atoms with Gasteiger partial charge >= 0.3 is 0 Å². The molecule has 2 aromatic carbocycles. The van der Waals surface area contributed by atoms with E-state index in [0.717, 1.165) is 59.9 Å². The number of piperazine rings is 1. The summed E-state index contributed by atoms with van der Waals surface area (Å²) in [5, 5.41) is 12.4. The molecule has 1 fully saturated rings. The van der Waals surface area contributed by atoms with E-state index in [1.54, 1.807) is 13.8 Å². The van der Waals surface area contributed by atoms with Gasteiger partial charge in [0.15, 0.2) is 5.78 Å². The van der Waals surface area contributed by atoms with Crippen LogP contribution in [0.25, 0.3) is 5.70 Å². The lowest BCUT2D eigenvalue weighted by atomic mass is 9.98. The number of nitrogens with zero attached hydrogens (tertiary/aromatic N) is 1. The number of amides is 2. The van der Waals surface area contributed by atoms with Crippen LogP contribution in [0.15, 0.2) is 54.6 Å². The molecule has 202 valence electrons. The van der Waals surface area contributed by atoms with Gasteiger partial charge in [0.05, 0.1) is 17.1 Å². The second-order valence-corrected chi connectivity index (χ2v) is 9.79. The van der Waals surface area contributed by atoms with Crippen LogP contribution in [0.2, 0.25) is 0 Å². The third-order valence-electron chi connectivity index (χ3n) is 6.64. The summed E-state index contributed by atoms with van der Waals surface area (Å²) in [6.07, 6.45) is 1.30. The first kappa shape index (κ1) is 28.7. The van der Waals surface area contributed by atoms with Crippen molar-refractivity contribution in [2.45, 2.75) is 40.7 Å². The van der Waals surface area contributed by atoms with Crippen LogP contribution in [0.5, 0.6) is 0 Å². The summed E-state index contributed by atoms with van der Waals surface area (Å²) >= 11 is 0. The number of benzene rings is 2. The number of aryl methyl sites for hydroxylation is 2. The van der Waals surface area contributed by atoms with E-state index >= 15 is 0 Å². The normalized spacial score (nSPS) is 17.3. The van der Waals surface area contributed by atoms with E-state index in [1.807, 2.05) is 45.0 Å². The highest BCUT2D eigenvalue weighted by Gasteiger charge is 2.21. The Bertz CT molecular complexity index is 1240. The minimum atomic E-state index is -0.169. The van der Waals surface area contributed by atoms with Crippen LogP contribution in [0.4, 0.5) is 11.4 Å². The van der Waals surface area contributed by atoms with Crippen molar-refractivity contribution in [3.05, 3.63) is 76.9 Å². The van der Waals surface area contributed by atoms with Gasteiger partial charge in [-0.1, -0.05) is 24.8 Å². The number of carbonyl (C=O) groups is 3. The molecule has 1 atom stereocenters. The summed E-state index contributed by atoms with van der Waals surface area (Å²) in [4.78, 5) is 37.4. The van der Waals surface area contributed by atoms with Crippen molar-refractivity contribution in [1.29, 1.82) is 0 Å². The highest BCUT2D eigenvalue weighted by molar-refractivity contribution is 6.02. The monoisotopic (exact) mass is 517 g/mol. The van der Waals surface area contributed by atoms with E-state index in [9.17, 15) is 14.4 Å². The van der Waals surface area contributed by atoms with Gasteiger partial charge in [0.2, 0.25) is 11.8 Å². The summed E-state index contributed by atoms with van der Waals surface area (Å²) in [6, 6.07) is 11.8. The summed E-state index contributed by atoms with van der Waals surface area (Å²) in [6.45, 7) is 17.3. The number of Topliss-reactive ketones (excluding diaryl/α,β-unsaturated/α-hetero) is 1. The van der Waals surface area contributed by atoms with E-state index in [-0.39, 0.29) is 23.6 Å². The van der Waals surface area contributed by atoms with Crippen LogP contribution < -0.4 is 26.2 Å². The highest BCUT2D eigenvalue weighted by Crippen LogP contribution is 2.27. The minimum absolute atomic E-state index is 0.0240. The van der Waals surface area contributed by atoms with E-state index < -0.39 is 0 Å². The molecule has 2 aliphatic heterocycles. The molecule has 1 saturated heterocycles. The first-order valence-electron chi connectivity index (χ1n) is 13.0. The largest absolute Gasteiger partial charge is 0.382 e. The zero-order chi connectivity index (χ0) is 27.8. The standard InChI is InChI=1S/C16H20N2O2.C14H19N3O/c1-9-5-6-13(12(4)19)7-14(9)15-11(3)16(20)18-10(2)8-17-15;1-3-14(18)16-12-10-11(2)4-5-13(12)17-8-6-15-7-9-17/h5-7,10,17H,8H2,1-4H3,(H,18,20);3-5,10,15H,1,6-9H2,2H3,(H,16,18). The Morgan fingerprint density at radius 1 is 1.08 bits per heavy atom.